The lowest BCUT2D eigenvalue weighted by Crippen LogP contribution is -2.20. The number of carboxylic acid groups (broad SMARTS) is 1. The monoisotopic (exact) mass is 627 g/mol. The summed E-state index contributed by atoms with van der Waals surface area (Å²) in [6.45, 7) is 24.8. The fraction of sp³-hybridized carbons (Fsp3) is 0.543. The second-order valence-corrected chi connectivity index (χ2v) is 11.4. The molecular formula is C35H53ClF3NO3. The SMILES string of the molecule is CC.CC(C)C.CCCCC(F)(F)F.CCCn1cc(C(=O)O)c(=O)cc1/C(C)=C(\Cl)C(=C(C)C)c1cc(C)ccc1C. The van der Waals surface area contributed by atoms with Crippen LogP contribution in [0.1, 0.15) is 128 Å². The number of benzene rings is 1. The van der Waals surface area contributed by atoms with Crippen LogP contribution >= 0.6 is 11.6 Å². The van der Waals surface area contributed by atoms with E-state index in [2.05, 4.69) is 39.0 Å². The number of aryl methyl sites for hydroxylation is 3. The Morgan fingerprint density at radius 2 is 1.51 bits per heavy atom. The maximum Gasteiger partial charge on any atom is 0.389 e. The van der Waals surface area contributed by atoms with Gasteiger partial charge in [0, 0.05) is 30.9 Å². The molecule has 8 heteroatoms. The summed E-state index contributed by atoms with van der Waals surface area (Å²) in [5.41, 5.74) is 5.93. The summed E-state index contributed by atoms with van der Waals surface area (Å²) in [7, 11) is 0. The van der Waals surface area contributed by atoms with Crippen LogP contribution in [0.2, 0.25) is 0 Å². The highest BCUT2D eigenvalue weighted by molar-refractivity contribution is 6.40. The van der Waals surface area contributed by atoms with Crippen molar-refractivity contribution < 1.29 is 23.1 Å². The molecule has 0 unspecified atom stereocenters. The van der Waals surface area contributed by atoms with E-state index in [-0.39, 0.29) is 12.0 Å². The third-order valence-corrected chi connectivity index (χ3v) is 6.20. The topological polar surface area (TPSA) is 59.3 Å². The third kappa shape index (κ3) is 16.0. The van der Waals surface area contributed by atoms with Gasteiger partial charge in [0.25, 0.3) is 0 Å². The first kappa shape index (κ1) is 42.3. The highest BCUT2D eigenvalue weighted by Crippen LogP contribution is 2.36. The Balaban J connectivity index is 0. The van der Waals surface area contributed by atoms with Gasteiger partial charge in [-0.05, 0) is 75.7 Å². The zero-order valence-corrected chi connectivity index (χ0v) is 29.0. The van der Waals surface area contributed by atoms with E-state index >= 15 is 0 Å². The van der Waals surface area contributed by atoms with Crippen molar-refractivity contribution >= 4 is 28.7 Å². The van der Waals surface area contributed by atoms with Crippen LogP contribution in [0.25, 0.3) is 11.1 Å². The van der Waals surface area contributed by atoms with Crippen molar-refractivity contribution in [3.8, 4) is 0 Å². The van der Waals surface area contributed by atoms with Crippen LogP contribution in [-0.2, 0) is 6.54 Å². The van der Waals surface area contributed by atoms with Crippen molar-refractivity contribution in [1.29, 1.82) is 0 Å². The third-order valence-electron chi connectivity index (χ3n) is 5.73. The number of unbranched alkanes of at least 4 members (excludes halogenated alkanes) is 1. The maximum absolute atomic E-state index is 12.4. The second kappa shape index (κ2) is 21.0. The van der Waals surface area contributed by atoms with E-state index in [0.29, 0.717) is 23.7 Å². The average Bonchev–Trinajstić information content (AvgIpc) is 2.90. The van der Waals surface area contributed by atoms with Gasteiger partial charge in [0.15, 0.2) is 5.43 Å². The van der Waals surface area contributed by atoms with Gasteiger partial charge in [-0.15, -0.1) is 0 Å². The molecule has 0 amide bonds. The number of carbonyl (C=O) groups is 1. The summed E-state index contributed by atoms with van der Waals surface area (Å²) in [6.07, 6.45) is -1.51. The number of pyridine rings is 1. The molecule has 0 aliphatic heterocycles. The molecule has 1 aromatic carbocycles. The molecule has 0 aliphatic rings. The van der Waals surface area contributed by atoms with E-state index in [1.165, 1.54) is 12.3 Å². The first-order chi connectivity index (χ1) is 19.9. The molecule has 4 nitrogen and oxygen atoms in total. The molecule has 0 spiro atoms. The van der Waals surface area contributed by atoms with E-state index in [1.807, 2.05) is 55.4 Å². The molecular weight excluding hydrogens is 575 g/mol. The van der Waals surface area contributed by atoms with E-state index in [1.54, 1.807) is 11.5 Å². The van der Waals surface area contributed by atoms with Gasteiger partial charge in [0.1, 0.15) is 5.56 Å². The minimum absolute atomic E-state index is 0.233. The number of aromatic nitrogens is 1. The molecule has 0 fully saturated rings. The summed E-state index contributed by atoms with van der Waals surface area (Å²) >= 11 is 6.90. The fourth-order valence-electron chi connectivity index (χ4n) is 3.77. The van der Waals surface area contributed by atoms with Gasteiger partial charge < -0.3 is 9.67 Å². The number of carboxylic acids is 1. The van der Waals surface area contributed by atoms with Crippen LogP contribution in [0.15, 0.2) is 45.9 Å². The maximum atomic E-state index is 12.4. The van der Waals surface area contributed by atoms with Crippen molar-refractivity contribution in [3.05, 3.63) is 79.2 Å². The molecule has 1 aromatic heterocycles. The van der Waals surface area contributed by atoms with Gasteiger partial charge in [0.05, 0.1) is 5.03 Å². The van der Waals surface area contributed by atoms with Gasteiger partial charge in [-0.3, -0.25) is 4.79 Å². The molecule has 43 heavy (non-hydrogen) atoms. The largest absolute Gasteiger partial charge is 0.477 e. The zero-order valence-electron chi connectivity index (χ0n) is 28.2. The number of rotatable bonds is 8. The Labute approximate surface area is 262 Å². The fourth-order valence-corrected chi connectivity index (χ4v) is 4.16. The molecule has 0 bridgehead atoms. The van der Waals surface area contributed by atoms with Crippen LogP contribution in [0, 0.1) is 19.8 Å². The predicted molar refractivity (Wildman–Crippen MR) is 178 cm³/mol. The highest BCUT2D eigenvalue weighted by Gasteiger charge is 2.25. The lowest BCUT2D eigenvalue weighted by atomic mass is 9.93. The van der Waals surface area contributed by atoms with E-state index in [4.69, 9.17) is 11.6 Å². The van der Waals surface area contributed by atoms with E-state index < -0.39 is 24.0 Å². The van der Waals surface area contributed by atoms with Crippen LogP contribution in [0.3, 0.4) is 0 Å². The molecule has 1 N–H and O–H groups in total. The Morgan fingerprint density at radius 1 is 0.977 bits per heavy atom. The second-order valence-electron chi connectivity index (χ2n) is 11.0. The van der Waals surface area contributed by atoms with Gasteiger partial charge in [-0.1, -0.05) is 95.8 Å². The number of hydrogen-bond donors (Lipinski definition) is 1. The Hall–Kier alpha value is -2.80. The standard InChI is InChI=1S/C24H28ClNO3.C5H9F3.C4H10.C2H6/c1-7-10-26-13-19(24(28)29)21(27)12-20(26)17(6)23(25)22(14(2)3)18-11-15(4)8-9-16(18)5;1-2-3-4-5(6,7)8;1-4(2)3;1-2/h8-9,11-13H,7,10H2,1-6H3,(H,28,29);2-4H2,1H3;4H,1-3H3;1-2H3/b23-17-;;;. The molecule has 0 radical (unpaired) electrons. The highest BCUT2D eigenvalue weighted by atomic mass is 35.5. The summed E-state index contributed by atoms with van der Waals surface area (Å²) in [5.74, 6) is -0.389. The molecule has 1 heterocycles. The van der Waals surface area contributed by atoms with E-state index in [9.17, 15) is 27.9 Å². The lowest BCUT2D eigenvalue weighted by Gasteiger charge is -2.19. The Kier molecular flexibility index (Phi) is 20.7. The van der Waals surface area contributed by atoms with Crippen molar-refractivity contribution in [1.82, 2.24) is 4.57 Å². The first-order valence-corrected chi connectivity index (χ1v) is 15.4. The summed E-state index contributed by atoms with van der Waals surface area (Å²) in [6, 6.07) is 7.62. The number of nitrogens with zero attached hydrogens (tertiary/aromatic N) is 1. The van der Waals surface area contributed by atoms with E-state index in [0.717, 1.165) is 45.7 Å². The Bertz CT molecular complexity index is 1270. The minimum atomic E-state index is -3.95. The zero-order chi connectivity index (χ0) is 34.1. The molecule has 0 atom stereocenters. The number of aromatic carboxylic acids is 1. The number of halogens is 4. The average molecular weight is 628 g/mol. The molecule has 2 rings (SSSR count). The summed E-state index contributed by atoms with van der Waals surface area (Å²) < 4.78 is 35.5. The Morgan fingerprint density at radius 3 is 1.91 bits per heavy atom. The van der Waals surface area contributed by atoms with Crippen LogP contribution < -0.4 is 5.43 Å². The minimum Gasteiger partial charge on any atom is -0.477 e. The van der Waals surface area contributed by atoms with Crippen molar-refractivity contribution in [2.75, 3.05) is 0 Å². The molecule has 0 aliphatic carbocycles. The van der Waals surface area contributed by atoms with Crippen molar-refractivity contribution in [3.63, 3.8) is 0 Å². The van der Waals surface area contributed by atoms with Crippen LogP contribution in [0.5, 0.6) is 0 Å². The first-order valence-electron chi connectivity index (χ1n) is 15.0. The molecule has 0 saturated carbocycles. The van der Waals surface area contributed by atoms with Crippen LogP contribution in [-0.4, -0.2) is 21.8 Å². The number of allylic oxidation sites excluding steroid dienone is 4. The number of hydrogen-bond acceptors (Lipinski definition) is 2. The smallest absolute Gasteiger partial charge is 0.389 e. The van der Waals surface area contributed by atoms with Gasteiger partial charge >= 0.3 is 12.1 Å². The van der Waals surface area contributed by atoms with Gasteiger partial charge in [-0.25, -0.2) is 4.79 Å². The number of alkyl halides is 3. The molecule has 2 aromatic rings. The predicted octanol–water partition coefficient (Wildman–Crippen LogP) is 11.5. The van der Waals surface area contributed by atoms with Gasteiger partial charge in [-0.2, -0.15) is 13.2 Å². The lowest BCUT2D eigenvalue weighted by molar-refractivity contribution is -0.135. The summed E-state index contributed by atoms with van der Waals surface area (Å²) in [5, 5.41) is 9.87. The normalized spacial score (nSPS) is 11.2. The quantitative estimate of drug-likeness (QED) is 0.296. The molecule has 0 saturated heterocycles. The van der Waals surface area contributed by atoms with Crippen molar-refractivity contribution in [2.45, 2.75) is 121 Å². The molecule has 244 valence electrons. The van der Waals surface area contributed by atoms with Gasteiger partial charge in [0.2, 0.25) is 0 Å². The van der Waals surface area contributed by atoms with Crippen molar-refractivity contribution in [2.24, 2.45) is 5.92 Å². The summed E-state index contributed by atoms with van der Waals surface area (Å²) in [4.78, 5) is 23.8. The van der Waals surface area contributed by atoms with Crippen LogP contribution in [0.4, 0.5) is 13.2 Å².